The zero-order valence-electron chi connectivity index (χ0n) is 7.96. The first-order valence-corrected chi connectivity index (χ1v) is 5.19. The van der Waals surface area contributed by atoms with Crippen molar-refractivity contribution in [2.75, 3.05) is 13.1 Å². The Morgan fingerprint density at radius 2 is 2.50 bits per heavy atom. The lowest BCUT2D eigenvalue weighted by atomic mass is 10.4. The predicted molar refractivity (Wildman–Crippen MR) is 57.0 cm³/mol. The van der Waals surface area contributed by atoms with E-state index in [4.69, 9.17) is 5.73 Å². The summed E-state index contributed by atoms with van der Waals surface area (Å²) >= 11 is 3.28. The minimum Gasteiger partial charge on any atom is -0.349 e. The zero-order valence-corrected chi connectivity index (χ0v) is 9.54. The lowest BCUT2D eigenvalue weighted by molar-refractivity contribution is 0.0943. The van der Waals surface area contributed by atoms with E-state index in [2.05, 4.69) is 26.3 Å². The number of nitrogens with one attached hydrogen (secondary N) is 1. The molecule has 0 aromatic carbocycles. The van der Waals surface area contributed by atoms with E-state index in [1.54, 1.807) is 10.9 Å². The molecule has 1 amide bonds. The molecule has 1 rings (SSSR count). The Hall–Kier alpha value is -0.880. The van der Waals surface area contributed by atoms with Gasteiger partial charge >= 0.3 is 0 Å². The van der Waals surface area contributed by atoms with Crippen LogP contribution in [0.25, 0.3) is 0 Å². The minimum absolute atomic E-state index is 0.151. The Bertz CT molecular complexity index is 323. The SMILES string of the molecule is CCn1ncc(Br)c1C(=O)NCCN. The summed E-state index contributed by atoms with van der Waals surface area (Å²) in [6.07, 6.45) is 1.61. The van der Waals surface area contributed by atoms with Gasteiger partial charge in [-0.3, -0.25) is 9.48 Å². The van der Waals surface area contributed by atoms with Crippen molar-refractivity contribution in [1.82, 2.24) is 15.1 Å². The number of carbonyl (C=O) groups is 1. The molecule has 1 heterocycles. The summed E-state index contributed by atoms with van der Waals surface area (Å²) in [6, 6.07) is 0. The summed E-state index contributed by atoms with van der Waals surface area (Å²) in [4.78, 5) is 11.6. The summed E-state index contributed by atoms with van der Waals surface area (Å²) in [7, 11) is 0. The number of hydrogen-bond donors (Lipinski definition) is 2. The third-order valence-electron chi connectivity index (χ3n) is 1.74. The van der Waals surface area contributed by atoms with E-state index in [0.717, 1.165) is 0 Å². The van der Waals surface area contributed by atoms with Crippen LogP contribution in [0.5, 0.6) is 0 Å². The van der Waals surface area contributed by atoms with Crippen LogP contribution in [0.1, 0.15) is 17.4 Å². The van der Waals surface area contributed by atoms with E-state index in [9.17, 15) is 4.79 Å². The fourth-order valence-corrected chi connectivity index (χ4v) is 1.57. The molecule has 0 aliphatic carbocycles. The second kappa shape index (κ2) is 5.11. The molecule has 0 saturated heterocycles. The molecule has 0 fully saturated rings. The average molecular weight is 261 g/mol. The Kier molecular flexibility index (Phi) is 4.09. The number of aromatic nitrogens is 2. The number of amides is 1. The topological polar surface area (TPSA) is 72.9 Å². The Morgan fingerprint density at radius 3 is 3.07 bits per heavy atom. The van der Waals surface area contributed by atoms with Crippen LogP contribution in [0.2, 0.25) is 0 Å². The van der Waals surface area contributed by atoms with Gasteiger partial charge in [0.1, 0.15) is 5.69 Å². The molecule has 1 aromatic heterocycles. The van der Waals surface area contributed by atoms with E-state index < -0.39 is 0 Å². The molecule has 1 aromatic rings. The van der Waals surface area contributed by atoms with Crippen LogP contribution in [0.15, 0.2) is 10.7 Å². The van der Waals surface area contributed by atoms with Gasteiger partial charge in [0.05, 0.1) is 10.7 Å². The first kappa shape index (κ1) is 11.2. The summed E-state index contributed by atoms with van der Waals surface area (Å²) in [5.41, 5.74) is 5.83. The van der Waals surface area contributed by atoms with E-state index in [1.807, 2.05) is 6.92 Å². The van der Waals surface area contributed by atoms with E-state index >= 15 is 0 Å². The van der Waals surface area contributed by atoms with Crippen molar-refractivity contribution in [1.29, 1.82) is 0 Å². The van der Waals surface area contributed by atoms with Crippen molar-refractivity contribution in [3.05, 3.63) is 16.4 Å². The summed E-state index contributed by atoms with van der Waals surface area (Å²) in [5.74, 6) is -0.151. The van der Waals surface area contributed by atoms with E-state index in [0.29, 0.717) is 29.8 Å². The average Bonchev–Trinajstić information content (AvgIpc) is 2.56. The highest BCUT2D eigenvalue weighted by Gasteiger charge is 2.15. The molecule has 0 aliphatic heterocycles. The molecule has 6 heteroatoms. The molecule has 0 unspecified atom stereocenters. The monoisotopic (exact) mass is 260 g/mol. The molecule has 0 saturated carbocycles. The summed E-state index contributed by atoms with van der Waals surface area (Å²) < 4.78 is 2.34. The van der Waals surface area contributed by atoms with Crippen LogP contribution in [0.4, 0.5) is 0 Å². The molecule has 0 spiro atoms. The molecule has 0 radical (unpaired) electrons. The third kappa shape index (κ3) is 2.33. The maximum absolute atomic E-state index is 11.6. The van der Waals surface area contributed by atoms with Crippen molar-refractivity contribution in [2.24, 2.45) is 5.73 Å². The Morgan fingerprint density at radius 1 is 1.79 bits per heavy atom. The molecule has 78 valence electrons. The molecular weight excluding hydrogens is 248 g/mol. The van der Waals surface area contributed by atoms with Crippen molar-refractivity contribution >= 4 is 21.8 Å². The smallest absolute Gasteiger partial charge is 0.270 e. The highest BCUT2D eigenvalue weighted by Crippen LogP contribution is 2.15. The first-order chi connectivity index (χ1) is 6.70. The molecule has 0 bridgehead atoms. The quantitative estimate of drug-likeness (QED) is 0.821. The van der Waals surface area contributed by atoms with Crippen molar-refractivity contribution < 1.29 is 4.79 Å². The fraction of sp³-hybridized carbons (Fsp3) is 0.500. The van der Waals surface area contributed by atoms with Crippen LogP contribution < -0.4 is 11.1 Å². The lowest BCUT2D eigenvalue weighted by Crippen LogP contribution is -2.31. The van der Waals surface area contributed by atoms with Gasteiger partial charge in [0.15, 0.2) is 0 Å². The van der Waals surface area contributed by atoms with Gasteiger partial charge in [-0.1, -0.05) is 0 Å². The standard InChI is InChI=1S/C8H13BrN4O/c1-2-13-7(6(9)5-12-13)8(14)11-4-3-10/h5H,2-4,10H2,1H3,(H,11,14). The molecule has 14 heavy (non-hydrogen) atoms. The molecular formula is C8H13BrN4O. The predicted octanol–water partition coefficient (Wildman–Crippen LogP) is 0.354. The zero-order chi connectivity index (χ0) is 10.6. The molecule has 5 nitrogen and oxygen atoms in total. The number of nitrogens with zero attached hydrogens (tertiary/aromatic N) is 2. The normalized spacial score (nSPS) is 10.2. The van der Waals surface area contributed by atoms with Gasteiger partial charge in [0.2, 0.25) is 0 Å². The van der Waals surface area contributed by atoms with E-state index in [-0.39, 0.29) is 5.91 Å². The van der Waals surface area contributed by atoms with Crippen LogP contribution in [0.3, 0.4) is 0 Å². The van der Waals surface area contributed by atoms with Gasteiger partial charge in [-0.25, -0.2) is 0 Å². The molecule has 0 atom stereocenters. The summed E-state index contributed by atoms with van der Waals surface area (Å²) in [6.45, 7) is 3.50. The van der Waals surface area contributed by atoms with Gasteiger partial charge in [-0.2, -0.15) is 5.10 Å². The number of hydrogen-bond acceptors (Lipinski definition) is 3. The van der Waals surface area contributed by atoms with Crippen molar-refractivity contribution in [2.45, 2.75) is 13.5 Å². The minimum atomic E-state index is -0.151. The van der Waals surface area contributed by atoms with Crippen molar-refractivity contribution in [3.8, 4) is 0 Å². The van der Waals surface area contributed by atoms with Gasteiger partial charge in [0.25, 0.3) is 5.91 Å². The number of carbonyl (C=O) groups excluding carboxylic acids is 1. The number of nitrogens with two attached hydrogens (primary N) is 1. The van der Waals surface area contributed by atoms with E-state index in [1.165, 1.54) is 0 Å². The summed E-state index contributed by atoms with van der Waals surface area (Å²) in [5, 5.41) is 6.74. The Labute approximate surface area is 90.8 Å². The Balaban J connectivity index is 2.82. The van der Waals surface area contributed by atoms with Gasteiger partial charge < -0.3 is 11.1 Å². The number of halogens is 1. The number of rotatable bonds is 4. The third-order valence-corrected chi connectivity index (χ3v) is 2.32. The van der Waals surface area contributed by atoms with Gasteiger partial charge in [-0.15, -0.1) is 0 Å². The van der Waals surface area contributed by atoms with Gasteiger partial charge in [0, 0.05) is 19.6 Å². The second-order valence-corrected chi connectivity index (χ2v) is 3.56. The highest BCUT2D eigenvalue weighted by molar-refractivity contribution is 9.10. The molecule has 0 aliphatic rings. The second-order valence-electron chi connectivity index (χ2n) is 2.70. The van der Waals surface area contributed by atoms with Gasteiger partial charge in [-0.05, 0) is 22.9 Å². The fourth-order valence-electron chi connectivity index (χ4n) is 1.10. The van der Waals surface area contributed by atoms with Crippen molar-refractivity contribution in [3.63, 3.8) is 0 Å². The maximum Gasteiger partial charge on any atom is 0.270 e. The van der Waals surface area contributed by atoms with Crippen LogP contribution in [-0.2, 0) is 6.54 Å². The lowest BCUT2D eigenvalue weighted by Gasteiger charge is -2.05. The highest BCUT2D eigenvalue weighted by atomic mass is 79.9. The maximum atomic E-state index is 11.6. The molecule has 3 N–H and O–H groups in total. The van der Waals surface area contributed by atoms with Crippen LogP contribution in [0, 0.1) is 0 Å². The number of aryl methyl sites for hydroxylation is 1. The van der Waals surface area contributed by atoms with Crippen LogP contribution in [-0.4, -0.2) is 28.8 Å². The first-order valence-electron chi connectivity index (χ1n) is 4.40. The van der Waals surface area contributed by atoms with Crippen LogP contribution >= 0.6 is 15.9 Å². The largest absolute Gasteiger partial charge is 0.349 e.